The van der Waals surface area contributed by atoms with Crippen LogP contribution < -0.4 is 15.8 Å². The van der Waals surface area contributed by atoms with Gasteiger partial charge in [-0.05, 0) is 74.2 Å². The largest absolute Gasteiger partial charge is 0.494 e. The van der Waals surface area contributed by atoms with E-state index in [1.54, 1.807) is 0 Å². The number of benzene rings is 3. The standard InChI is InChI=1S/C30H33N3O2.ClH/c1-22-20-28(31)27-21-24(17-18-29(27)32-22)33-30(34)26-16-10-9-13-23(26)12-6-3-2-4-11-19-35-25-14-7-5-8-15-25;/h5,7-10,13-18,20-21H,2-4,6,11-12,19H2,1H3,(H2,31,32)(H,33,34);1H. The van der Waals surface area contributed by atoms with Crippen molar-refractivity contribution in [2.75, 3.05) is 17.7 Å². The molecule has 4 aromatic rings. The van der Waals surface area contributed by atoms with E-state index in [-0.39, 0.29) is 18.3 Å². The molecule has 1 aromatic heterocycles. The summed E-state index contributed by atoms with van der Waals surface area (Å²) in [4.78, 5) is 17.6. The molecular weight excluding hydrogens is 470 g/mol. The lowest BCUT2D eigenvalue weighted by atomic mass is 10.00. The van der Waals surface area contributed by atoms with Crippen molar-refractivity contribution in [1.82, 2.24) is 4.98 Å². The fourth-order valence-electron chi connectivity index (χ4n) is 4.28. The summed E-state index contributed by atoms with van der Waals surface area (Å²) in [6.45, 7) is 2.67. The number of para-hydroxylation sites is 1. The molecule has 1 heterocycles. The van der Waals surface area contributed by atoms with Crippen molar-refractivity contribution in [3.8, 4) is 5.75 Å². The molecule has 6 heteroatoms. The van der Waals surface area contributed by atoms with Crippen LogP contribution in [0.4, 0.5) is 11.4 Å². The van der Waals surface area contributed by atoms with Crippen molar-refractivity contribution in [2.45, 2.75) is 45.4 Å². The summed E-state index contributed by atoms with van der Waals surface area (Å²) in [5.41, 5.74) is 11.0. The van der Waals surface area contributed by atoms with Crippen LogP contribution in [-0.4, -0.2) is 17.5 Å². The van der Waals surface area contributed by atoms with Gasteiger partial charge in [-0.15, -0.1) is 12.4 Å². The SMILES string of the molecule is Cc1cc(N)c2cc(NC(=O)c3ccccc3CCCCCCCOc3ccccc3)ccc2n1.Cl. The Hall–Kier alpha value is -3.57. The number of fused-ring (bicyclic) bond motifs is 1. The van der Waals surface area contributed by atoms with Crippen molar-refractivity contribution >= 4 is 40.6 Å². The molecule has 0 saturated carbocycles. The molecule has 0 spiro atoms. The number of amides is 1. The van der Waals surface area contributed by atoms with Crippen LogP contribution >= 0.6 is 12.4 Å². The van der Waals surface area contributed by atoms with E-state index in [2.05, 4.69) is 10.3 Å². The van der Waals surface area contributed by atoms with Gasteiger partial charge in [0.15, 0.2) is 0 Å². The summed E-state index contributed by atoms with van der Waals surface area (Å²) in [5.74, 6) is 0.831. The number of ether oxygens (including phenoxy) is 1. The normalized spacial score (nSPS) is 10.6. The minimum absolute atomic E-state index is 0. The maximum absolute atomic E-state index is 13.1. The summed E-state index contributed by atoms with van der Waals surface area (Å²) in [7, 11) is 0. The summed E-state index contributed by atoms with van der Waals surface area (Å²) in [6, 6.07) is 25.3. The van der Waals surface area contributed by atoms with E-state index in [9.17, 15) is 4.79 Å². The number of aromatic nitrogens is 1. The Morgan fingerprint density at radius 2 is 1.61 bits per heavy atom. The van der Waals surface area contributed by atoms with Gasteiger partial charge >= 0.3 is 0 Å². The van der Waals surface area contributed by atoms with Crippen molar-refractivity contribution in [2.24, 2.45) is 0 Å². The molecule has 4 rings (SSSR count). The van der Waals surface area contributed by atoms with Crippen LogP contribution in [0.5, 0.6) is 5.75 Å². The number of nitrogens with two attached hydrogens (primary N) is 1. The van der Waals surface area contributed by atoms with E-state index < -0.39 is 0 Å². The quantitative estimate of drug-likeness (QED) is 0.209. The number of aryl methyl sites for hydroxylation is 2. The lowest BCUT2D eigenvalue weighted by molar-refractivity contribution is 0.102. The van der Waals surface area contributed by atoms with E-state index in [4.69, 9.17) is 10.5 Å². The Balaban J connectivity index is 0.00000361. The van der Waals surface area contributed by atoms with Gasteiger partial charge in [-0.25, -0.2) is 0 Å². The minimum Gasteiger partial charge on any atom is -0.494 e. The first kappa shape index (κ1) is 27.0. The van der Waals surface area contributed by atoms with Crippen molar-refractivity contribution in [1.29, 1.82) is 0 Å². The molecule has 36 heavy (non-hydrogen) atoms. The summed E-state index contributed by atoms with van der Waals surface area (Å²) in [5, 5.41) is 3.88. The van der Waals surface area contributed by atoms with Gasteiger partial charge in [0.05, 0.1) is 12.1 Å². The lowest BCUT2D eigenvalue weighted by Gasteiger charge is -2.12. The zero-order valence-corrected chi connectivity index (χ0v) is 21.5. The Bertz CT molecular complexity index is 1280. The summed E-state index contributed by atoms with van der Waals surface area (Å²) in [6.07, 6.45) is 6.45. The number of pyridine rings is 1. The van der Waals surface area contributed by atoms with Gasteiger partial charge in [0, 0.05) is 28.0 Å². The molecule has 0 aliphatic carbocycles. The van der Waals surface area contributed by atoms with Gasteiger partial charge in [0.25, 0.3) is 5.91 Å². The van der Waals surface area contributed by atoms with Crippen LogP contribution in [-0.2, 0) is 6.42 Å². The molecular formula is C30H34ClN3O2. The number of hydrogen-bond donors (Lipinski definition) is 2. The Morgan fingerprint density at radius 3 is 2.44 bits per heavy atom. The molecule has 0 bridgehead atoms. The van der Waals surface area contributed by atoms with Crippen LogP contribution in [0.2, 0.25) is 0 Å². The van der Waals surface area contributed by atoms with Crippen LogP contribution in [0, 0.1) is 6.92 Å². The predicted molar refractivity (Wildman–Crippen MR) is 151 cm³/mol. The third kappa shape index (κ3) is 7.46. The van der Waals surface area contributed by atoms with E-state index in [1.807, 2.05) is 85.8 Å². The third-order valence-electron chi connectivity index (χ3n) is 6.09. The molecule has 3 N–H and O–H groups in total. The smallest absolute Gasteiger partial charge is 0.255 e. The van der Waals surface area contributed by atoms with Gasteiger partial charge in [0.2, 0.25) is 0 Å². The molecule has 188 valence electrons. The fourth-order valence-corrected chi connectivity index (χ4v) is 4.28. The number of nitrogens with zero attached hydrogens (tertiary/aromatic N) is 1. The molecule has 0 radical (unpaired) electrons. The Morgan fingerprint density at radius 1 is 0.889 bits per heavy atom. The maximum atomic E-state index is 13.1. The van der Waals surface area contributed by atoms with E-state index in [0.29, 0.717) is 11.4 Å². The predicted octanol–water partition coefficient (Wildman–Crippen LogP) is 7.37. The highest BCUT2D eigenvalue weighted by molar-refractivity contribution is 6.06. The van der Waals surface area contributed by atoms with Crippen LogP contribution in [0.1, 0.15) is 53.7 Å². The third-order valence-corrected chi connectivity index (χ3v) is 6.09. The molecule has 0 unspecified atom stereocenters. The number of nitrogens with one attached hydrogen (secondary N) is 1. The van der Waals surface area contributed by atoms with E-state index in [1.165, 1.54) is 6.42 Å². The second-order valence-corrected chi connectivity index (χ2v) is 8.88. The Labute approximate surface area is 219 Å². The van der Waals surface area contributed by atoms with Gasteiger partial charge in [0.1, 0.15) is 5.75 Å². The van der Waals surface area contributed by atoms with E-state index >= 15 is 0 Å². The lowest BCUT2D eigenvalue weighted by Crippen LogP contribution is -2.14. The zero-order chi connectivity index (χ0) is 24.5. The summed E-state index contributed by atoms with van der Waals surface area (Å²) >= 11 is 0. The first-order chi connectivity index (χ1) is 17.1. The molecule has 0 saturated heterocycles. The van der Waals surface area contributed by atoms with Gasteiger partial charge in [-0.3, -0.25) is 9.78 Å². The number of rotatable bonds is 11. The van der Waals surface area contributed by atoms with Crippen LogP contribution in [0.15, 0.2) is 78.9 Å². The molecule has 0 aliphatic rings. The molecule has 5 nitrogen and oxygen atoms in total. The first-order valence-electron chi connectivity index (χ1n) is 12.3. The second kappa shape index (κ2) is 13.5. The average Bonchev–Trinajstić information content (AvgIpc) is 2.87. The second-order valence-electron chi connectivity index (χ2n) is 8.88. The van der Waals surface area contributed by atoms with Crippen LogP contribution in [0.25, 0.3) is 10.9 Å². The van der Waals surface area contributed by atoms with Crippen molar-refractivity contribution in [3.63, 3.8) is 0 Å². The molecule has 3 aromatic carbocycles. The Kier molecular flexibility index (Phi) is 10.1. The highest BCUT2D eigenvalue weighted by Crippen LogP contribution is 2.25. The van der Waals surface area contributed by atoms with Crippen LogP contribution in [0.3, 0.4) is 0 Å². The number of anilines is 2. The topological polar surface area (TPSA) is 77.2 Å². The molecule has 0 atom stereocenters. The maximum Gasteiger partial charge on any atom is 0.255 e. The number of hydrogen-bond acceptors (Lipinski definition) is 4. The molecule has 1 amide bonds. The number of carbonyl (C=O) groups excluding carboxylic acids is 1. The average molecular weight is 504 g/mol. The van der Waals surface area contributed by atoms with E-state index in [0.717, 1.165) is 72.2 Å². The molecule has 0 aliphatic heterocycles. The highest BCUT2D eigenvalue weighted by Gasteiger charge is 2.12. The number of carbonyl (C=O) groups is 1. The minimum atomic E-state index is -0.100. The highest BCUT2D eigenvalue weighted by atomic mass is 35.5. The number of nitrogen functional groups attached to an aromatic ring is 1. The van der Waals surface area contributed by atoms with Crippen molar-refractivity contribution in [3.05, 3.63) is 95.7 Å². The number of unbranched alkanes of at least 4 members (excludes halogenated alkanes) is 4. The number of halogens is 1. The monoisotopic (exact) mass is 503 g/mol. The zero-order valence-electron chi connectivity index (χ0n) is 20.7. The summed E-state index contributed by atoms with van der Waals surface area (Å²) < 4.78 is 5.75. The van der Waals surface area contributed by atoms with Gasteiger partial charge < -0.3 is 15.8 Å². The van der Waals surface area contributed by atoms with Gasteiger partial charge in [-0.2, -0.15) is 0 Å². The first-order valence-corrected chi connectivity index (χ1v) is 12.3. The fraction of sp³-hybridized carbons (Fsp3) is 0.267. The molecule has 0 fully saturated rings. The van der Waals surface area contributed by atoms with Gasteiger partial charge in [-0.1, -0.05) is 55.7 Å². The van der Waals surface area contributed by atoms with Crippen molar-refractivity contribution < 1.29 is 9.53 Å².